The van der Waals surface area contributed by atoms with Crippen LogP contribution in [0.2, 0.25) is 0 Å². The molecule has 0 radical (unpaired) electrons. The van der Waals surface area contributed by atoms with Crippen LogP contribution in [-0.2, 0) is 0 Å². The van der Waals surface area contributed by atoms with Gasteiger partial charge in [0, 0.05) is 0 Å². The number of Topliss-reactive ketones (excluding diaryl/α,β-unsaturated/α-hetero) is 2. The van der Waals surface area contributed by atoms with Crippen molar-refractivity contribution in [3.05, 3.63) is 118 Å². The van der Waals surface area contributed by atoms with Crippen LogP contribution in [0.15, 0.2) is 103 Å². The van der Waals surface area contributed by atoms with Gasteiger partial charge in [-0.2, -0.15) is 0 Å². The van der Waals surface area contributed by atoms with Crippen LogP contribution in [0.4, 0.5) is 15.9 Å². The van der Waals surface area contributed by atoms with Crippen LogP contribution in [0.1, 0.15) is 25.2 Å². The molecule has 1 aromatic heterocycles. The van der Waals surface area contributed by atoms with E-state index in [1.165, 1.54) is 0 Å². The summed E-state index contributed by atoms with van der Waals surface area (Å²) in [5.41, 5.74) is 3.23. The third-order valence-corrected chi connectivity index (χ3v) is 8.58. The third kappa shape index (κ3) is 3.06. The van der Waals surface area contributed by atoms with Crippen molar-refractivity contribution in [3.8, 4) is 11.5 Å². The molecule has 4 nitrogen and oxygen atoms in total. The van der Waals surface area contributed by atoms with E-state index in [0.717, 1.165) is 42.6 Å². The van der Waals surface area contributed by atoms with Crippen LogP contribution >= 0.6 is 0 Å². The van der Waals surface area contributed by atoms with Gasteiger partial charge in [0.15, 0.2) is 0 Å². The summed E-state index contributed by atoms with van der Waals surface area (Å²) in [7, 11) is 0. The van der Waals surface area contributed by atoms with Crippen molar-refractivity contribution < 1.29 is 14.3 Å². The molecule has 0 bridgehead atoms. The van der Waals surface area contributed by atoms with Crippen molar-refractivity contribution in [1.29, 1.82) is 0 Å². The van der Waals surface area contributed by atoms with Crippen molar-refractivity contribution in [2.24, 2.45) is 0 Å². The summed E-state index contributed by atoms with van der Waals surface area (Å²) in [5, 5.41) is 1.80. The van der Waals surface area contributed by atoms with E-state index < -0.39 is 0 Å². The minimum absolute atomic E-state index is 0.0953. The Morgan fingerprint density at radius 2 is 1.37 bits per heavy atom. The fourth-order valence-electron chi connectivity index (χ4n) is 4.84. The Morgan fingerprint density at radius 1 is 0.686 bits per heavy atom. The molecule has 5 aromatic rings. The summed E-state index contributed by atoms with van der Waals surface area (Å²) >= 11 is -0.0953. The first-order valence-corrected chi connectivity index (χ1v) is 13.0. The Hall–Kier alpha value is -4.18. The number of rotatable bonds is 2. The molecular formula is C30H17NO3Se. The number of carbonyl (C=O) groups is 2. The van der Waals surface area contributed by atoms with E-state index in [1.54, 1.807) is 12.1 Å². The zero-order valence-electron chi connectivity index (χ0n) is 18.4. The number of hydrogen-bond donors (Lipinski definition) is 0. The molecule has 7 rings (SSSR count). The number of hydrogen-bond acceptors (Lipinski definition) is 4. The SMILES string of the molecule is O=C1/C(=C\c2ccc(N3c4ccccc4Oc4ccccc43)[se]2)C(=O)c2c1ccc1ccccc21. The van der Waals surface area contributed by atoms with Crippen molar-refractivity contribution in [3.63, 3.8) is 0 Å². The molecule has 0 fully saturated rings. The van der Waals surface area contributed by atoms with Gasteiger partial charge in [-0.1, -0.05) is 0 Å². The topological polar surface area (TPSA) is 46.6 Å². The standard InChI is InChI=1S/C30H17NO3Se/c32-29-21-15-13-18-7-1-2-8-20(18)28(21)30(33)22(29)17-19-14-16-27(35-19)31-23-9-3-5-11-25(23)34-26-12-6-4-10-24(26)31/h1-17H/b22-17+. The summed E-state index contributed by atoms with van der Waals surface area (Å²) in [6, 6.07) is 31.5. The molecule has 0 N–H and O–H groups in total. The van der Waals surface area contributed by atoms with E-state index in [2.05, 4.69) is 11.0 Å². The van der Waals surface area contributed by atoms with E-state index in [1.807, 2.05) is 84.9 Å². The van der Waals surface area contributed by atoms with Gasteiger partial charge in [-0.3, -0.25) is 0 Å². The summed E-state index contributed by atoms with van der Waals surface area (Å²) in [5.74, 6) is 1.23. The number of ketones is 2. The number of anilines is 3. The van der Waals surface area contributed by atoms with Gasteiger partial charge in [0.25, 0.3) is 0 Å². The first-order chi connectivity index (χ1) is 17.2. The molecule has 4 aromatic carbocycles. The number of ether oxygens (including phenoxy) is 1. The van der Waals surface area contributed by atoms with E-state index >= 15 is 0 Å². The number of allylic oxidation sites excluding steroid dienone is 1. The molecule has 1 aliphatic carbocycles. The van der Waals surface area contributed by atoms with Gasteiger partial charge in [-0.15, -0.1) is 0 Å². The fraction of sp³-hybridized carbons (Fsp3) is 0. The number of nitrogens with zero attached hydrogens (tertiary/aromatic N) is 1. The zero-order chi connectivity index (χ0) is 23.5. The maximum atomic E-state index is 13.4. The Kier molecular flexibility index (Phi) is 4.43. The second-order valence-corrected chi connectivity index (χ2v) is 10.8. The van der Waals surface area contributed by atoms with Crippen LogP contribution in [0.3, 0.4) is 0 Å². The Morgan fingerprint density at radius 3 is 2.14 bits per heavy atom. The van der Waals surface area contributed by atoms with Crippen molar-refractivity contribution >= 4 is 58.9 Å². The second kappa shape index (κ2) is 7.67. The van der Waals surface area contributed by atoms with Crippen molar-refractivity contribution in [2.75, 3.05) is 4.90 Å². The van der Waals surface area contributed by atoms with Crippen LogP contribution < -0.4 is 9.64 Å². The summed E-state index contributed by atoms with van der Waals surface area (Å²) in [6.07, 6.45) is 1.79. The summed E-state index contributed by atoms with van der Waals surface area (Å²) < 4.78 is 8.23. The van der Waals surface area contributed by atoms with Gasteiger partial charge in [-0.25, -0.2) is 0 Å². The number of para-hydroxylation sites is 4. The molecule has 0 atom stereocenters. The van der Waals surface area contributed by atoms with Gasteiger partial charge in [-0.05, 0) is 0 Å². The molecule has 0 saturated heterocycles. The van der Waals surface area contributed by atoms with Crippen LogP contribution in [0.5, 0.6) is 11.5 Å². The van der Waals surface area contributed by atoms with Crippen LogP contribution in [0, 0.1) is 0 Å². The van der Waals surface area contributed by atoms with E-state index in [9.17, 15) is 9.59 Å². The Bertz CT molecular complexity index is 1680. The van der Waals surface area contributed by atoms with Crippen molar-refractivity contribution in [1.82, 2.24) is 0 Å². The molecule has 1 aliphatic heterocycles. The number of carbonyl (C=O) groups excluding carboxylic acids is 2. The third-order valence-electron chi connectivity index (χ3n) is 6.44. The zero-order valence-corrected chi connectivity index (χ0v) is 20.1. The van der Waals surface area contributed by atoms with Gasteiger partial charge in [0.1, 0.15) is 0 Å². The van der Waals surface area contributed by atoms with Gasteiger partial charge in [0.05, 0.1) is 0 Å². The van der Waals surface area contributed by atoms with E-state index in [4.69, 9.17) is 4.74 Å². The first-order valence-electron chi connectivity index (χ1n) is 11.3. The number of benzene rings is 4. The molecule has 5 heteroatoms. The fourth-order valence-corrected chi connectivity index (χ4v) is 6.90. The molecule has 0 amide bonds. The Labute approximate surface area is 207 Å². The van der Waals surface area contributed by atoms with Gasteiger partial charge < -0.3 is 0 Å². The quantitative estimate of drug-likeness (QED) is 0.142. The molecule has 0 unspecified atom stereocenters. The second-order valence-electron chi connectivity index (χ2n) is 8.47. The molecule has 2 aliphatic rings. The van der Waals surface area contributed by atoms with E-state index in [0.29, 0.717) is 11.1 Å². The van der Waals surface area contributed by atoms with Gasteiger partial charge >= 0.3 is 208 Å². The van der Waals surface area contributed by atoms with Crippen LogP contribution in [0.25, 0.3) is 16.8 Å². The number of fused-ring (bicyclic) bond motifs is 5. The molecule has 2 heterocycles. The molecular weight excluding hydrogens is 501 g/mol. The predicted octanol–water partition coefficient (Wildman–Crippen LogP) is 6.93. The molecule has 0 saturated carbocycles. The van der Waals surface area contributed by atoms with Crippen LogP contribution in [-0.4, -0.2) is 26.1 Å². The predicted molar refractivity (Wildman–Crippen MR) is 139 cm³/mol. The molecule has 0 spiro atoms. The minimum atomic E-state index is -0.192. The van der Waals surface area contributed by atoms with Crippen molar-refractivity contribution in [2.45, 2.75) is 0 Å². The Balaban J connectivity index is 1.31. The maximum absolute atomic E-state index is 13.4. The normalized spacial score (nSPS) is 15.2. The van der Waals surface area contributed by atoms with E-state index in [-0.39, 0.29) is 31.6 Å². The first kappa shape index (κ1) is 20.2. The molecule has 166 valence electrons. The summed E-state index contributed by atoms with van der Waals surface area (Å²) in [4.78, 5) is 28.8. The monoisotopic (exact) mass is 519 g/mol. The average Bonchev–Trinajstić information content (AvgIpc) is 3.45. The van der Waals surface area contributed by atoms with Gasteiger partial charge in [0.2, 0.25) is 0 Å². The summed E-state index contributed by atoms with van der Waals surface area (Å²) in [6.45, 7) is 0. The molecule has 35 heavy (non-hydrogen) atoms. The average molecular weight is 518 g/mol.